The van der Waals surface area contributed by atoms with Crippen LogP contribution < -0.4 is 0 Å². The summed E-state index contributed by atoms with van der Waals surface area (Å²) in [5, 5.41) is 0. The highest BCUT2D eigenvalue weighted by Crippen LogP contribution is 2.66. The standard InChI is InChI=1S/2C9H8F6.C9H11F3/c10-8(11,12)7(9(13,14)15)4-5-1-2-6(7)3-5;10-8(11,12)6-4-1-2-5(3-4)7(6)9(13,14)15;1-8(9(10,11)12)5-6-2-3-7(8)4-6/h1-2,5-6H,3-4H2;1-2,4-7H,3H2;2-3,6-7H,4-5H2,1H3. The molecule has 0 aromatic heterocycles. The predicted molar refractivity (Wildman–Crippen MR) is 119 cm³/mol. The second-order valence-electron chi connectivity index (χ2n) is 12.3. The van der Waals surface area contributed by atoms with Crippen molar-refractivity contribution in [1.29, 1.82) is 0 Å². The fourth-order valence-corrected chi connectivity index (χ4v) is 7.80. The van der Waals surface area contributed by atoms with Gasteiger partial charge in [-0.3, -0.25) is 0 Å². The van der Waals surface area contributed by atoms with Crippen LogP contribution in [-0.2, 0) is 0 Å². The van der Waals surface area contributed by atoms with Gasteiger partial charge in [0.05, 0.1) is 17.3 Å². The molecule has 9 unspecified atom stereocenters. The molecule has 3 fully saturated rings. The van der Waals surface area contributed by atoms with E-state index in [4.69, 9.17) is 0 Å². The van der Waals surface area contributed by atoms with E-state index in [2.05, 4.69) is 0 Å². The van der Waals surface area contributed by atoms with Crippen molar-refractivity contribution in [3.63, 3.8) is 0 Å². The van der Waals surface area contributed by atoms with Crippen LogP contribution in [0.4, 0.5) is 65.9 Å². The van der Waals surface area contributed by atoms with Crippen LogP contribution in [0.1, 0.15) is 39.0 Å². The van der Waals surface area contributed by atoms with Crippen molar-refractivity contribution in [1.82, 2.24) is 0 Å². The molecule has 6 rings (SSSR count). The summed E-state index contributed by atoms with van der Waals surface area (Å²) in [6, 6.07) is 0. The van der Waals surface area contributed by atoms with E-state index >= 15 is 0 Å². The third kappa shape index (κ3) is 5.47. The normalized spacial score (nSPS) is 39.4. The van der Waals surface area contributed by atoms with Gasteiger partial charge in [0.1, 0.15) is 0 Å². The highest BCUT2D eigenvalue weighted by Gasteiger charge is 2.76. The van der Waals surface area contributed by atoms with Crippen molar-refractivity contribution < 1.29 is 65.9 Å². The van der Waals surface area contributed by atoms with E-state index in [0.717, 1.165) is 6.08 Å². The minimum absolute atomic E-state index is 0.0195. The van der Waals surface area contributed by atoms with E-state index in [1.54, 1.807) is 6.08 Å². The Kier molecular flexibility index (Phi) is 7.95. The van der Waals surface area contributed by atoms with Crippen LogP contribution in [0.15, 0.2) is 36.5 Å². The highest BCUT2D eigenvalue weighted by molar-refractivity contribution is 5.20. The van der Waals surface area contributed by atoms with Gasteiger partial charge in [-0.2, -0.15) is 65.9 Å². The number of rotatable bonds is 0. The van der Waals surface area contributed by atoms with Crippen LogP contribution in [0.5, 0.6) is 0 Å². The predicted octanol–water partition coefficient (Wildman–Crippen LogP) is 10.4. The van der Waals surface area contributed by atoms with Crippen molar-refractivity contribution in [2.24, 2.45) is 58.2 Å². The summed E-state index contributed by atoms with van der Waals surface area (Å²) in [7, 11) is 0. The second kappa shape index (κ2) is 10.1. The lowest BCUT2D eigenvalue weighted by molar-refractivity contribution is -0.349. The van der Waals surface area contributed by atoms with E-state index < -0.39 is 83.6 Å². The Bertz CT molecular complexity index is 1040. The Labute approximate surface area is 231 Å². The van der Waals surface area contributed by atoms with Crippen molar-refractivity contribution in [3.8, 4) is 0 Å². The zero-order valence-corrected chi connectivity index (χ0v) is 21.8. The number of hydrogen-bond donors (Lipinski definition) is 0. The SMILES string of the molecule is CC1(C(F)(F)F)CC2C=CC1C2.FC(F)(F)C1(C(F)(F)F)CC2C=CC1C2.FC(F)(F)C1C2C=CC(C2)C1C(F)(F)F. The first-order valence-corrected chi connectivity index (χ1v) is 13.2. The molecular weight excluding hydrogens is 609 g/mol. The molecule has 0 spiro atoms. The molecule has 0 aliphatic heterocycles. The summed E-state index contributed by atoms with van der Waals surface area (Å²) in [4.78, 5) is 0. The molecule has 0 saturated heterocycles. The molecular formula is C27H27F15. The second-order valence-corrected chi connectivity index (χ2v) is 12.3. The molecule has 42 heavy (non-hydrogen) atoms. The van der Waals surface area contributed by atoms with Crippen LogP contribution in [-0.4, -0.2) is 30.9 Å². The van der Waals surface area contributed by atoms with Crippen molar-refractivity contribution in [3.05, 3.63) is 36.5 Å². The van der Waals surface area contributed by atoms with E-state index in [0.29, 0.717) is 6.42 Å². The van der Waals surface area contributed by atoms with Crippen LogP contribution >= 0.6 is 0 Å². The van der Waals surface area contributed by atoms with Gasteiger partial charge in [0.2, 0.25) is 0 Å². The van der Waals surface area contributed by atoms with E-state index in [1.807, 2.05) is 6.08 Å². The number of halogens is 15. The maximum atomic E-state index is 12.6. The smallest absolute Gasteiger partial charge is 0.171 e. The van der Waals surface area contributed by atoms with Gasteiger partial charge in [0.25, 0.3) is 0 Å². The molecule has 6 aliphatic carbocycles. The molecule has 6 aliphatic rings. The van der Waals surface area contributed by atoms with Crippen LogP contribution in [0.3, 0.4) is 0 Å². The van der Waals surface area contributed by atoms with Crippen molar-refractivity contribution in [2.75, 3.05) is 0 Å². The van der Waals surface area contributed by atoms with Crippen LogP contribution in [0, 0.1) is 58.2 Å². The molecule has 3 saturated carbocycles. The lowest BCUT2D eigenvalue weighted by Gasteiger charge is -2.38. The largest absolute Gasteiger partial charge is 0.403 e. The number of allylic oxidation sites excluding steroid dienone is 6. The third-order valence-electron chi connectivity index (χ3n) is 9.94. The Morgan fingerprint density at radius 2 is 0.881 bits per heavy atom. The average Bonchev–Trinajstić information content (AvgIpc) is 3.63. The van der Waals surface area contributed by atoms with Gasteiger partial charge in [-0.25, -0.2) is 0 Å². The van der Waals surface area contributed by atoms with E-state index in [1.165, 1.54) is 25.2 Å². The van der Waals surface area contributed by atoms with E-state index in [9.17, 15) is 65.9 Å². The monoisotopic (exact) mass is 636 g/mol. The Morgan fingerprint density at radius 3 is 1.10 bits per heavy atom. The first-order valence-electron chi connectivity index (χ1n) is 13.2. The molecule has 0 aromatic rings. The maximum absolute atomic E-state index is 12.6. The van der Waals surface area contributed by atoms with Gasteiger partial charge in [-0.05, 0) is 61.7 Å². The molecule has 0 heterocycles. The zero-order chi connectivity index (χ0) is 31.9. The minimum Gasteiger partial charge on any atom is -0.171 e. The topological polar surface area (TPSA) is 0 Å². The fourth-order valence-electron chi connectivity index (χ4n) is 7.80. The summed E-state index contributed by atoms with van der Waals surface area (Å²) in [6.45, 7) is 1.35. The Hall–Kier alpha value is -1.83. The summed E-state index contributed by atoms with van der Waals surface area (Å²) >= 11 is 0. The first kappa shape index (κ1) is 33.1. The number of hydrogen-bond acceptors (Lipinski definition) is 0. The zero-order valence-electron chi connectivity index (χ0n) is 21.8. The highest BCUT2D eigenvalue weighted by atomic mass is 19.4. The summed E-state index contributed by atoms with van der Waals surface area (Å²) in [5.74, 6) is -8.53. The molecule has 0 nitrogen and oxygen atoms in total. The van der Waals surface area contributed by atoms with Crippen molar-refractivity contribution in [2.45, 2.75) is 69.9 Å². The number of fused-ring (bicyclic) bond motifs is 6. The summed E-state index contributed by atoms with van der Waals surface area (Å²) in [6.07, 6.45) is -15.1. The molecule has 240 valence electrons. The lowest BCUT2D eigenvalue weighted by atomic mass is 9.74. The van der Waals surface area contributed by atoms with Gasteiger partial charge in [-0.15, -0.1) is 0 Å². The first-order chi connectivity index (χ1) is 18.8. The Balaban J connectivity index is 0.000000146. The molecule has 6 bridgehead atoms. The van der Waals surface area contributed by atoms with Crippen LogP contribution in [0.2, 0.25) is 0 Å². The molecule has 0 amide bonds. The van der Waals surface area contributed by atoms with Gasteiger partial charge in [-0.1, -0.05) is 43.4 Å². The van der Waals surface area contributed by atoms with E-state index in [-0.39, 0.29) is 31.1 Å². The average molecular weight is 636 g/mol. The Morgan fingerprint density at radius 1 is 0.476 bits per heavy atom. The van der Waals surface area contributed by atoms with Gasteiger partial charge < -0.3 is 0 Å². The molecule has 0 aromatic carbocycles. The molecule has 0 N–H and O–H groups in total. The minimum atomic E-state index is -5.21. The van der Waals surface area contributed by atoms with Gasteiger partial charge in [0, 0.05) is 5.92 Å². The van der Waals surface area contributed by atoms with Gasteiger partial charge >= 0.3 is 30.9 Å². The third-order valence-corrected chi connectivity index (χ3v) is 9.94. The fraction of sp³-hybridized carbons (Fsp3) is 0.778. The van der Waals surface area contributed by atoms with Crippen LogP contribution in [0.25, 0.3) is 0 Å². The molecule has 15 heteroatoms. The summed E-state index contributed by atoms with van der Waals surface area (Å²) < 4.78 is 188. The molecule has 0 radical (unpaired) electrons. The number of alkyl halides is 15. The maximum Gasteiger partial charge on any atom is 0.403 e. The quantitative estimate of drug-likeness (QED) is 0.183. The van der Waals surface area contributed by atoms with Gasteiger partial charge in [0.15, 0.2) is 5.41 Å². The molecule has 9 atom stereocenters. The van der Waals surface area contributed by atoms with Crippen molar-refractivity contribution >= 4 is 0 Å². The summed E-state index contributed by atoms with van der Waals surface area (Å²) in [5.41, 5.74) is -4.94. The lowest BCUT2D eigenvalue weighted by Crippen LogP contribution is -2.52.